The molecule has 1 aliphatic heterocycles. The maximum atomic E-state index is 13.4. The van der Waals surface area contributed by atoms with Crippen LogP contribution < -0.4 is 10.1 Å². The van der Waals surface area contributed by atoms with E-state index in [1.54, 1.807) is 0 Å². The van der Waals surface area contributed by atoms with Crippen molar-refractivity contribution in [1.82, 2.24) is 5.32 Å². The molecule has 0 aliphatic carbocycles. The summed E-state index contributed by atoms with van der Waals surface area (Å²) in [6.07, 6.45) is -10.8. The van der Waals surface area contributed by atoms with E-state index in [4.69, 9.17) is 4.74 Å². The van der Waals surface area contributed by atoms with Crippen molar-refractivity contribution in [2.45, 2.75) is 24.7 Å². The lowest BCUT2D eigenvalue weighted by Gasteiger charge is -2.33. The summed E-state index contributed by atoms with van der Waals surface area (Å²) in [5, 5.41) is 2.96. The molecule has 1 atom stereocenters. The van der Waals surface area contributed by atoms with Gasteiger partial charge < -0.3 is 14.8 Å². The first-order valence-electron chi connectivity index (χ1n) is 8.01. The molecule has 0 amide bonds. The zero-order valence-corrected chi connectivity index (χ0v) is 13.8. The summed E-state index contributed by atoms with van der Waals surface area (Å²) in [6, 6.07) is 9.62. The summed E-state index contributed by atoms with van der Waals surface area (Å²) in [6.45, 7) is 0.972. The van der Waals surface area contributed by atoms with Crippen LogP contribution in [0.25, 0.3) is 0 Å². The third-order valence-corrected chi connectivity index (χ3v) is 4.04. The topological polar surface area (TPSA) is 30.5 Å². The Morgan fingerprint density at radius 2 is 1.52 bits per heavy atom. The molecule has 0 bridgehead atoms. The Kier molecular flexibility index (Phi) is 5.34. The molecule has 0 saturated carbocycles. The summed E-state index contributed by atoms with van der Waals surface area (Å²) in [5.41, 5.74) is -0.646. The molecule has 1 fully saturated rings. The van der Waals surface area contributed by atoms with Gasteiger partial charge in [0.25, 0.3) is 0 Å². The van der Waals surface area contributed by atoms with Crippen molar-refractivity contribution in [3.05, 3.63) is 65.2 Å². The van der Waals surface area contributed by atoms with Crippen molar-refractivity contribution in [2.24, 2.45) is 0 Å². The normalized spacial score (nSPS) is 16.7. The predicted molar refractivity (Wildman–Crippen MR) is 84.2 cm³/mol. The van der Waals surface area contributed by atoms with Crippen LogP contribution in [-0.2, 0) is 10.9 Å². The van der Waals surface area contributed by atoms with E-state index in [0.29, 0.717) is 18.7 Å². The third kappa shape index (κ3) is 4.92. The van der Waals surface area contributed by atoms with Crippen LogP contribution in [0.2, 0.25) is 0 Å². The van der Waals surface area contributed by atoms with Crippen LogP contribution in [0, 0.1) is 0 Å². The summed E-state index contributed by atoms with van der Waals surface area (Å²) in [7, 11) is 0. The van der Waals surface area contributed by atoms with Crippen LogP contribution in [-0.4, -0.2) is 25.6 Å². The molecular formula is C18H15F6NO2. The fourth-order valence-electron chi connectivity index (χ4n) is 2.71. The number of halogens is 6. The van der Waals surface area contributed by atoms with Gasteiger partial charge in [-0.15, -0.1) is 13.2 Å². The lowest BCUT2D eigenvalue weighted by atomic mass is 9.95. The van der Waals surface area contributed by atoms with E-state index in [2.05, 4.69) is 10.1 Å². The molecule has 0 aromatic heterocycles. The standard InChI is InChI=1S/C18H15F6NO2/c19-17(20,21)15-4-2-1-3-14(15)16(26-13-9-25-10-13)11-5-7-12(8-6-11)27-18(22,23)24/h1-8,13,16,25H,9-10H2. The number of rotatable bonds is 5. The average molecular weight is 391 g/mol. The summed E-state index contributed by atoms with van der Waals surface area (Å²) >= 11 is 0. The number of nitrogens with one attached hydrogen (secondary N) is 1. The molecule has 1 N–H and O–H groups in total. The lowest BCUT2D eigenvalue weighted by molar-refractivity contribution is -0.274. The molecular weight excluding hydrogens is 376 g/mol. The Labute approximate surface area is 150 Å². The first kappa shape index (κ1) is 19.5. The Morgan fingerprint density at radius 1 is 0.889 bits per heavy atom. The highest BCUT2D eigenvalue weighted by Crippen LogP contribution is 2.39. The van der Waals surface area contributed by atoms with Crippen LogP contribution >= 0.6 is 0 Å². The Hall–Kier alpha value is -2.26. The minimum Gasteiger partial charge on any atom is -0.406 e. The fraction of sp³-hybridized carbons (Fsp3) is 0.333. The average Bonchev–Trinajstić information content (AvgIpc) is 2.53. The molecule has 146 valence electrons. The molecule has 9 heteroatoms. The van der Waals surface area contributed by atoms with Crippen molar-refractivity contribution >= 4 is 0 Å². The van der Waals surface area contributed by atoms with Crippen molar-refractivity contribution in [3.63, 3.8) is 0 Å². The summed E-state index contributed by atoms with van der Waals surface area (Å²) < 4.78 is 86.7. The smallest absolute Gasteiger partial charge is 0.406 e. The van der Waals surface area contributed by atoms with E-state index in [9.17, 15) is 26.3 Å². The van der Waals surface area contributed by atoms with Gasteiger partial charge in [-0.1, -0.05) is 30.3 Å². The van der Waals surface area contributed by atoms with Crippen molar-refractivity contribution in [2.75, 3.05) is 13.1 Å². The largest absolute Gasteiger partial charge is 0.573 e. The maximum absolute atomic E-state index is 13.4. The van der Waals surface area contributed by atoms with Crippen molar-refractivity contribution < 1.29 is 35.8 Å². The molecule has 27 heavy (non-hydrogen) atoms. The predicted octanol–water partition coefficient (Wildman–Crippen LogP) is 4.68. The van der Waals surface area contributed by atoms with Gasteiger partial charge in [0, 0.05) is 13.1 Å². The highest BCUT2D eigenvalue weighted by atomic mass is 19.4. The monoisotopic (exact) mass is 391 g/mol. The van der Waals surface area contributed by atoms with Gasteiger partial charge in [0.15, 0.2) is 0 Å². The van der Waals surface area contributed by atoms with Crippen LogP contribution in [0.1, 0.15) is 22.8 Å². The molecule has 1 saturated heterocycles. The van der Waals surface area contributed by atoms with Gasteiger partial charge >= 0.3 is 12.5 Å². The zero-order chi connectivity index (χ0) is 19.7. The first-order valence-corrected chi connectivity index (χ1v) is 8.01. The number of benzene rings is 2. The lowest BCUT2D eigenvalue weighted by Crippen LogP contribution is -2.49. The van der Waals surface area contributed by atoms with E-state index in [1.165, 1.54) is 30.3 Å². The minimum atomic E-state index is -4.85. The summed E-state index contributed by atoms with van der Waals surface area (Å²) in [4.78, 5) is 0. The van der Waals surface area contributed by atoms with E-state index in [0.717, 1.165) is 18.2 Å². The van der Waals surface area contributed by atoms with E-state index in [1.807, 2.05) is 0 Å². The van der Waals surface area contributed by atoms with Gasteiger partial charge in [0.1, 0.15) is 11.9 Å². The van der Waals surface area contributed by atoms with E-state index in [-0.39, 0.29) is 11.7 Å². The van der Waals surface area contributed by atoms with Crippen LogP contribution in [0.3, 0.4) is 0 Å². The van der Waals surface area contributed by atoms with Crippen molar-refractivity contribution in [3.8, 4) is 5.75 Å². The molecule has 2 aromatic rings. The molecule has 0 spiro atoms. The van der Waals surface area contributed by atoms with Gasteiger partial charge in [-0.25, -0.2) is 0 Å². The molecule has 2 aromatic carbocycles. The molecule has 1 unspecified atom stereocenters. The SMILES string of the molecule is FC(F)(F)Oc1ccc(C(OC2CNC2)c2ccccc2C(F)(F)F)cc1. The Bertz CT molecular complexity index is 769. The zero-order valence-electron chi connectivity index (χ0n) is 13.8. The third-order valence-electron chi connectivity index (χ3n) is 4.04. The van der Waals surface area contributed by atoms with Crippen LogP contribution in [0.4, 0.5) is 26.3 Å². The number of ether oxygens (including phenoxy) is 2. The minimum absolute atomic E-state index is 0.0959. The van der Waals surface area contributed by atoms with Gasteiger partial charge in [0.2, 0.25) is 0 Å². The molecule has 3 rings (SSSR count). The molecule has 0 radical (unpaired) electrons. The second kappa shape index (κ2) is 7.40. The Morgan fingerprint density at radius 3 is 2.04 bits per heavy atom. The fourth-order valence-corrected chi connectivity index (χ4v) is 2.71. The van der Waals surface area contributed by atoms with Gasteiger partial charge in [-0.2, -0.15) is 13.2 Å². The van der Waals surface area contributed by atoms with Crippen molar-refractivity contribution in [1.29, 1.82) is 0 Å². The highest BCUT2D eigenvalue weighted by Gasteiger charge is 2.37. The maximum Gasteiger partial charge on any atom is 0.573 e. The van der Waals surface area contributed by atoms with Gasteiger partial charge in [0.05, 0.1) is 11.7 Å². The number of hydrogen-bond donors (Lipinski definition) is 1. The Balaban J connectivity index is 1.95. The van der Waals surface area contributed by atoms with Gasteiger partial charge in [-0.05, 0) is 29.3 Å². The van der Waals surface area contributed by atoms with Crippen LogP contribution in [0.15, 0.2) is 48.5 Å². The number of alkyl halides is 6. The van der Waals surface area contributed by atoms with E-state index < -0.39 is 30.0 Å². The van der Waals surface area contributed by atoms with Crippen LogP contribution in [0.5, 0.6) is 5.75 Å². The molecule has 1 heterocycles. The molecule has 3 nitrogen and oxygen atoms in total. The summed E-state index contributed by atoms with van der Waals surface area (Å²) in [5.74, 6) is -0.459. The van der Waals surface area contributed by atoms with E-state index >= 15 is 0 Å². The quantitative estimate of drug-likeness (QED) is 0.751. The second-order valence-electron chi connectivity index (χ2n) is 6.00. The molecule has 1 aliphatic rings. The van der Waals surface area contributed by atoms with Gasteiger partial charge in [-0.3, -0.25) is 0 Å². The first-order chi connectivity index (χ1) is 12.6. The number of hydrogen-bond acceptors (Lipinski definition) is 3. The second-order valence-corrected chi connectivity index (χ2v) is 6.00. The highest BCUT2D eigenvalue weighted by molar-refractivity contribution is 5.39.